The minimum atomic E-state index is -4.63. The van der Waals surface area contributed by atoms with E-state index in [1.54, 1.807) is 18.1 Å². The van der Waals surface area contributed by atoms with Gasteiger partial charge >= 0.3 is 6.18 Å². The highest BCUT2D eigenvalue weighted by Crippen LogP contribution is 2.38. The van der Waals surface area contributed by atoms with Gasteiger partial charge in [-0.3, -0.25) is 4.68 Å². The number of hydrogen-bond donors (Lipinski definition) is 2. The molecule has 1 saturated heterocycles. The van der Waals surface area contributed by atoms with Crippen molar-refractivity contribution < 1.29 is 23.0 Å². The summed E-state index contributed by atoms with van der Waals surface area (Å²) in [5.74, 6) is 0.955. The summed E-state index contributed by atoms with van der Waals surface area (Å²) in [4.78, 5) is 10.8. The third kappa shape index (κ3) is 4.38. The number of methoxy groups -OCH3 is 1. The van der Waals surface area contributed by atoms with E-state index in [-0.39, 0.29) is 30.6 Å². The van der Waals surface area contributed by atoms with Crippen molar-refractivity contribution in [2.45, 2.75) is 50.9 Å². The van der Waals surface area contributed by atoms with Gasteiger partial charge in [0.05, 0.1) is 24.9 Å². The van der Waals surface area contributed by atoms with Crippen molar-refractivity contribution in [1.29, 1.82) is 0 Å². The zero-order valence-corrected chi connectivity index (χ0v) is 20.1. The van der Waals surface area contributed by atoms with E-state index in [1.165, 1.54) is 24.6 Å². The quantitative estimate of drug-likeness (QED) is 0.425. The second kappa shape index (κ2) is 8.50. The first-order chi connectivity index (χ1) is 16.9. The van der Waals surface area contributed by atoms with Gasteiger partial charge in [-0.15, -0.1) is 5.10 Å². The maximum atomic E-state index is 13.8. The van der Waals surface area contributed by atoms with Crippen LogP contribution in [0, 0.1) is 0 Å². The first kappa shape index (κ1) is 24.1. The fraction of sp³-hybridized carbons (Fsp3) is 0.478. The topological polar surface area (TPSA) is 120 Å². The molecule has 0 saturated carbocycles. The third-order valence-electron chi connectivity index (χ3n) is 6.21. The molecule has 0 bridgehead atoms. The highest BCUT2D eigenvalue weighted by atomic mass is 19.4. The molecule has 13 heteroatoms. The molecule has 4 aromatic rings. The molecule has 5 rings (SSSR count). The van der Waals surface area contributed by atoms with Crippen molar-refractivity contribution >= 4 is 28.2 Å². The predicted molar refractivity (Wildman–Crippen MR) is 127 cm³/mol. The van der Waals surface area contributed by atoms with Gasteiger partial charge in [0.2, 0.25) is 5.95 Å². The zero-order valence-electron chi connectivity index (χ0n) is 20.1. The Morgan fingerprint density at radius 3 is 2.67 bits per heavy atom. The van der Waals surface area contributed by atoms with E-state index in [0.29, 0.717) is 47.5 Å². The van der Waals surface area contributed by atoms with Crippen molar-refractivity contribution in [2.24, 2.45) is 0 Å². The molecule has 1 fully saturated rings. The molecule has 3 N–H and O–H groups in total. The number of benzene rings is 1. The van der Waals surface area contributed by atoms with Crippen molar-refractivity contribution in [3.63, 3.8) is 0 Å². The van der Waals surface area contributed by atoms with Crippen molar-refractivity contribution in [3.8, 4) is 5.75 Å². The summed E-state index contributed by atoms with van der Waals surface area (Å²) in [5, 5.41) is 19.1. The lowest BCUT2D eigenvalue weighted by atomic mass is 9.97. The second-order valence-electron chi connectivity index (χ2n) is 9.69. The van der Waals surface area contributed by atoms with Crippen molar-refractivity contribution in [3.05, 3.63) is 35.9 Å². The number of nitrogens with zero attached hydrogens (tertiary/aromatic N) is 7. The van der Waals surface area contributed by atoms with Crippen LogP contribution in [0.15, 0.2) is 24.4 Å². The fourth-order valence-electron chi connectivity index (χ4n) is 4.71. The molecule has 3 aromatic heterocycles. The van der Waals surface area contributed by atoms with Crippen LogP contribution in [0.25, 0.3) is 16.6 Å². The normalized spacial score (nSPS) is 17.3. The molecule has 1 aromatic carbocycles. The zero-order chi connectivity index (χ0) is 25.8. The Morgan fingerprint density at radius 2 is 1.97 bits per heavy atom. The van der Waals surface area contributed by atoms with Crippen LogP contribution in [0.5, 0.6) is 5.75 Å². The lowest BCUT2D eigenvalue weighted by Gasteiger charge is -2.33. The molecule has 0 spiro atoms. The summed E-state index contributed by atoms with van der Waals surface area (Å²) in [6.07, 6.45) is -1.92. The van der Waals surface area contributed by atoms with Gasteiger partial charge in [-0.05, 0) is 38.8 Å². The number of nitrogens with two attached hydrogens (primary N) is 1. The second-order valence-corrected chi connectivity index (χ2v) is 9.69. The summed E-state index contributed by atoms with van der Waals surface area (Å²) in [6.45, 7) is 3.69. The van der Waals surface area contributed by atoms with Gasteiger partial charge in [0.15, 0.2) is 17.2 Å². The lowest BCUT2D eigenvalue weighted by molar-refractivity contribution is -0.141. The predicted octanol–water partition coefficient (Wildman–Crippen LogP) is 3.24. The number of para-hydroxylation sites is 1. The molecule has 0 radical (unpaired) electrons. The number of nitrogen functional groups attached to an aromatic ring is 1. The first-order valence-electron chi connectivity index (χ1n) is 11.6. The SMILES string of the molecule is COc1cccc2c1nc(N)n1nc([C@@H]3CCCN(c4cn(CC(C)(C)O)nc4C(F)(F)F)C3)nc21. The van der Waals surface area contributed by atoms with Crippen LogP contribution in [-0.2, 0) is 12.7 Å². The van der Waals surface area contributed by atoms with Crippen molar-refractivity contribution in [1.82, 2.24) is 29.4 Å². The molecule has 1 atom stereocenters. The number of aromatic nitrogens is 6. The van der Waals surface area contributed by atoms with Gasteiger partial charge in [0.25, 0.3) is 0 Å². The van der Waals surface area contributed by atoms with Crippen LogP contribution in [0.2, 0.25) is 0 Å². The van der Waals surface area contributed by atoms with Gasteiger partial charge in [-0.1, -0.05) is 6.07 Å². The highest BCUT2D eigenvalue weighted by molar-refractivity contribution is 5.95. The van der Waals surface area contributed by atoms with E-state index in [0.717, 1.165) is 4.68 Å². The number of halogens is 3. The molecule has 36 heavy (non-hydrogen) atoms. The van der Waals surface area contributed by atoms with E-state index in [4.69, 9.17) is 15.5 Å². The molecule has 0 unspecified atom stereocenters. The number of rotatable bonds is 5. The first-order valence-corrected chi connectivity index (χ1v) is 11.6. The lowest BCUT2D eigenvalue weighted by Crippen LogP contribution is -2.35. The number of alkyl halides is 3. The summed E-state index contributed by atoms with van der Waals surface area (Å²) < 4.78 is 49.5. The van der Waals surface area contributed by atoms with E-state index in [2.05, 4.69) is 15.2 Å². The molecule has 10 nitrogen and oxygen atoms in total. The van der Waals surface area contributed by atoms with Crippen LogP contribution < -0.4 is 15.4 Å². The molecule has 1 aliphatic heterocycles. The monoisotopic (exact) mass is 504 g/mol. The van der Waals surface area contributed by atoms with E-state index < -0.39 is 17.5 Å². The molecule has 4 heterocycles. The number of hydrogen-bond acceptors (Lipinski definition) is 8. The third-order valence-corrected chi connectivity index (χ3v) is 6.21. The Bertz CT molecular complexity index is 1420. The summed E-state index contributed by atoms with van der Waals surface area (Å²) in [5.41, 5.74) is 5.03. The Hall–Kier alpha value is -3.61. The number of aliphatic hydroxyl groups is 1. The molecule has 0 aliphatic carbocycles. The van der Waals surface area contributed by atoms with E-state index in [1.807, 2.05) is 12.1 Å². The Labute approximate surface area is 204 Å². The summed E-state index contributed by atoms with van der Waals surface area (Å²) in [7, 11) is 1.54. The molecular formula is C23H27F3N8O2. The van der Waals surface area contributed by atoms with Crippen LogP contribution >= 0.6 is 0 Å². The average Bonchev–Trinajstić information content (AvgIpc) is 3.43. The van der Waals surface area contributed by atoms with Gasteiger partial charge < -0.3 is 20.5 Å². The Balaban J connectivity index is 1.51. The highest BCUT2D eigenvalue weighted by Gasteiger charge is 2.40. The minimum Gasteiger partial charge on any atom is -0.494 e. The van der Waals surface area contributed by atoms with Gasteiger partial charge in [-0.2, -0.15) is 22.8 Å². The van der Waals surface area contributed by atoms with Crippen molar-refractivity contribution in [2.75, 3.05) is 30.8 Å². The summed E-state index contributed by atoms with van der Waals surface area (Å²) >= 11 is 0. The Kier molecular flexibility index (Phi) is 5.69. The van der Waals surface area contributed by atoms with Crippen LogP contribution in [0.1, 0.15) is 44.1 Å². The van der Waals surface area contributed by atoms with Gasteiger partial charge in [0.1, 0.15) is 11.3 Å². The standard InChI is InChI=1S/C23H27F3N8O2/c1-22(2,35)12-33-11-15(18(30-33)23(24,25)26)32-9-5-6-13(10-32)19-29-20-14-7-4-8-16(36-3)17(14)28-21(27)34(20)31-19/h4,7-8,11,13,35H,5-6,9-10,12H2,1-3H3,(H2,27,28)/t13-/m1/s1. The number of anilines is 2. The van der Waals surface area contributed by atoms with Crippen LogP contribution in [0.4, 0.5) is 24.8 Å². The van der Waals surface area contributed by atoms with Gasteiger partial charge in [0, 0.05) is 30.6 Å². The molecule has 192 valence electrons. The number of ether oxygens (including phenoxy) is 1. The molecule has 0 amide bonds. The largest absolute Gasteiger partial charge is 0.494 e. The van der Waals surface area contributed by atoms with E-state index >= 15 is 0 Å². The van der Waals surface area contributed by atoms with Gasteiger partial charge in [-0.25, -0.2) is 9.97 Å². The molecule has 1 aliphatic rings. The number of piperidine rings is 1. The average molecular weight is 505 g/mol. The maximum Gasteiger partial charge on any atom is 0.437 e. The minimum absolute atomic E-state index is 0.0171. The summed E-state index contributed by atoms with van der Waals surface area (Å²) in [6, 6.07) is 5.44. The van der Waals surface area contributed by atoms with Crippen LogP contribution in [-0.4, -0.2) is 60.3 Å². The smallest absolute Gasteiger partial charge is 0.437 e. The molecular weight excluding hydrogens is 477 g/mol. The maximum absolute atomic E-state index is 13.8. The fourth-order valence-corrected chi connectivity index (χ4v) is 4.71. The van der Waals surface area contributed by atoms with E-state index in [9.17, 15) is 18.3 Å². The number of fused-ring (bicyclic) bond motifs is 3. The van der Waals surface area contributed by atoms with Crippen LogP contribution in [0.3, 0.4) is 0 Å². The Morgan fingerprint density at radius 1 is 1.19 bits per heavy atom.